The van der Waals surface area contributed by atoms with Gasteiger partial charge in [-0.3, -0.25) is 9.59 Å². The molecule has 2 fully saturated rings. The molecule has 2 aliphatic heterocycles. The van der Waals surface area contributed by atoms with Gasteiger partial charge in [0.25, 0.3) is 0 Å². The maximum Gasteiger partial charge on any atom is 0.330 e. The highest BCUT2D eigenvalue weighted by Gasteiger charge is 2.73. The molecule has 4 atom stereocenters. The fraction of sp³-hybridized carbons (Fsp3) is 0.727. The third-order valence-electron chi connectivity index (χ3n) is 3.95. The second kappa shape index (κ2) is 5.18. The molecule has 2 aliphatic rings. The van der Waals surface area contributed by atoms with Gasteiger partial charge in [-0.2, -0.15) is 0 Å². The Labute approximate surface area is 125 Å². The Balaban J connectivity index is 2.38. The summed E-state index contributed by atoms with van der Waals surface area (Å²) in [4.78, 5) is 35.7. The maximum absolute atomic E-state index is 12.4. The van der Waals surface area contributed by atoms with Crippen LogP contribution in [0.2, 0.25) is 0 Å². The van der Waals surface area contributed by atoms with E-state index in [4.69, 9.17) is 10.2 Å². The average Bonchev–Trinajstić information content (AvgIpc) is 2.59. The summed E-state index contributed by atoms with van der Waals surface area (Å²) in [6.07, 6.45) is -1.80. The summed E-state index contributed by atoms with van der Waals surface area (Å²) in [7, 11) is -4.30. The number of rotatable bonds is 5. The van der Waals surface area contributed by atoms with Gasteiger partial charge in [-0.25, -0.2) is 13.2 Å². The molecule has 0 aromatic rings. The molecule has 0 spiro atoms. The number of aliphatic hydroxyl groups excluding tert-OH is 2. The lowest BCUT2D eigenvalue weighted by atomic mass is 9.96. The molecule has 0 aliphatic carbocycles. The number of sulfone groups is 1. The van der Waals surface area contributed by atoms with Crippen LogP contribution in [-0.2, 0) is 29.0 Å². The van der Waals surface area contributed by atoms with Crippen molar-refractivity contribution in [2.75, 3.05) is 13.2 Å². The third-order valence-corrected chi connectivity index (χ3v) is 6.64. The number of carbonyl (C=O) groups excluding carboxylic acids is 2. The van der Waals surface area contributed by atoms with E-state index in [-0.39, 0.29) is 6.42 Å². The van der Waals surface area contributed by atoms with E-state index >= 15 is 0 Å². The molecular formula is C11H15NO9S. The highest BCUT2D eigenvalue weighted by atomic mass is 32.2. The second-order valence-electron chi connectivity index (χ2n) is 5.29. The topological polar surface area (TPSA) is 159 Å². The maximum atomic E-state index is 12.4. The summed E-state index contributed by atoms with van der Waals surface area (Å²) >= 11 is 0. The Morgan fingerprint density at radius 3 is 2.55 bits per heavy atom. The van der Waals surface area contributed by atoms with Crippen LogP contribution in [-0.4, -0.2) is 82.0 Å². The van der Waals surface area contributed by atoms with Gasteiger partial charge in [0.05, 0.1) is 13.0 Å². The van der Waals surface area contributed by atoms with Crippen molar-refractivity contribution in [3.8, 4) is 0 Å². The molecule has 2 heterocycles. The van der Waals surface area contributed by atoms with Crippen LogP contribution in [0.3, 0.4) is 0 Å². The summed E-state index contributed by atoms with van der Waals surface area (Å²) in [5, 5.41) is 25.7. The Hall–Kier alpha value is -1.72. The van der Waals surface area contributed by atoms with Gasteiger partial charge in [0, 0.05) is 0 Å². The number of hydrogen-bond donors (Lipinski definition) is 3. The number of aliphatic hydroxyl groups is 2. The molecule has 0 aromatic carbocycles. The van der Waals surface area contributed by atoms with Gasteiger partial charge in [0.1, 0.15) is 18.1 Å². The van der Waals surface area contributed by atoms with Crippen molar-refractivity contribution in [1.29, 1.82) is 0 Å². The molecule has 2 rings (SSSR count). The van der Waals surface area contributed by atoms with Gasteiger partial charge in [0.15, 0.2) is 20.6 Å². The van der Waals surface area contributed by atoms with E-state index in [1.165, 1.54) is 0 Å². The lowest BCUT2D eigenvalue weighted by Crippen LogP contribution is -2.59. The van der Waals surface area contributed by atoms with Crippen LogP contribution in [0.5, 0.6) is 0 Å². The Morgan fingerprint density at radius 2 is 2.09 bits per heavy atom. The molecule has 0 saturated carbocycles. The zero-order chi connectivity index (χ0) is 16.9. The monoisotopic (exact) mass is 337 g/mol. The van der Waals surface area contributed by atoms with Crippen LogP contribution in [0.15, 0.2) is 0 Å². The van der Waals surface area contributed by atoms with Crippen LogP contribution in [0, 0.1) is 0 Å². The summed E-state index contributed by atoms with van der Waals surface area (Å²) in [5.41, 5.74) is 0. The first-order chi connectivity index (χ1) is 10.1. The van der Waals surface area contributed by atoms with E-state index in [1.807, 2.05) is 0 Å². The molecule has 0 aromatic heterocycles. The van der Waals surface area contributed by atoms with Crippen molar-refractivity contribution >= 4 is 27.7 Å². The molecule has 1 amide bonds. The van der Waals surface area contributed by atoms with Crippen LogP contribution in [0.4, 0.5) is 0 Å². The predicted molar refractivity (Wildman–Crippen MR) is 68.1 cm³/mol. The highest BCUT2D eigenvalue weighted by molar-refractivity contribution is 7.94. The first kappa shape index (κ1) is 16.6. The van der Waals surface area contributed by atoms with Crippen molar-refractivity contribution in [2.24, 2.45) is 0 Å². The van der Waals surface area contributed by atoms with Crippen molar-refractivity contribution < 1.29 is 42.9 Å². The second-order valence-corrected chi connectivity index (χ2v) is 7.77. The largest absolute Gasteiger partial charge is 0.480 e. The molecule has 3 N–H and O–H groups in total. The SMILES string of the molecule is C[C@]1(C(=O)OCC(O)CO)[C@H](C(=O)O)N2C(=O)CC2S1(=O)=O. The normalized spacial score (nSPS) is 33.8. The van der Waals surface area contributed by atoms with E-state index in [0.29, 0.717) is 4.90 Å². The first-order valence-corrected chi connectivity index (χ1v) is 7.87. The number of carboxylic acids is 1. The number of ether oxygens (including phenoxy) is 1. The fourth-order valence-corrected chi connectivity index (χ4v) is 4.91. The number of aliphatic carboxylic acids is 1. The van der Waals surface area contributed by atoms with Crippen LogP contribution < -0.4 is 0 Å². The number of carboxylic acid groups (broad SMARTS) is 1. The molecule has 124 valence electrons. The number of esters is 1. The molecule has 0 radical (unpaired) electrons. The number of nitrogens with zero attached hydrogens (tertiary/aromatic N) is 1. The van der Waals surface area contributed by atoms with Gasteiger partial charge < -0.3 is 25.0 Å². The van der Waals surface area contributed by atoms with Crippen LogP contribution in [0.1, 0.15) is 13.3 Å². The first-order valence-electron chi connectivity index (χ1n) is 6.32. The number of hydrogen-bond acceptors (Lipinski definition) is 8. The van der Waals surface area contributed by atoms with Crippen molar-refractivity contribution in [2.45, 2.75) is 35.6 Å². The van der Waals surface area contributed by atoms with Gasteiger partial charge in [-0.1, -0.05) is 0 Å². The number of carbonyl (C=O) groups is 3. The van der Waals surface area contributed by atoms with E-state index in [2.05, 4.69) is 4.74 Å². The third kappa shape index (κ3) is 2.00. The smallest absolute Gasteiger partial charge is 0.330 e. The number of amides is 1. The minimum Gasteiger partial charge on any atom is -0.480 e. The number of fused-ring (bicyclic) bond motifs is 1. The van der Waals surface area contributed by atoms with Gasteiger partial charge in [0.2, 0.25) is 5.91 Å². The fourth-order valence-electron chi connectivity index (χ4n) is 2.62. The lowest BCUT2D eigenvalue weighted by molar-refractivity contribution is -0.163. The Kier molecular flexibility index (Phi) is 3.92. The highest BCUT2D eigenvalue weighted by Crippen LogP contribution is 2.46. The molecule has 22 heavy (non-hydrogen) atoms. The van der Waals surface area contributed by atoms with E-state index in [9.17, 15) is 27.9 Å². The van der Waals surface area contributed by atoms with Gasteiger partial charge in [-0.15, -0.1) is 0 Å². The van der Waals surface area contributed by atoms with Crippen molar-refractivity contribution in [3.05, 3.63) is 0 Å². The molecular weight excluding hydrogens is 322 g/mol. The molecule has 2 unspecified atom stereocenters. The molecule has 11 heteroatoms. The van der Waals surface area contributed by atoms with Gasteiger partial charge in [-0.05, 0) is 6.92 Å². The predicted octanol–water partition coefficient (Wildman–Crippen LogP) is -2.92. The minimum absolute atomic E-state index is 0.381. The van der Waals surface area contributed by atoms with Crippen LogP contribution in [0.25, 0.3) is 0 Å². The lowest BCUT2D eigenvalue weighted by Gasteiger charge is -2.35. The van der Waals surface area contributed by atoms with Crippen LogP contribution >= 0.6 is 0 Å². The summed E-state index contributed by atoms with van der Waals surface area (Å²) in [6.45, 7) is -0.516. The zero-order valence-corrected chi connectivity index (χ0v) is 12.3. The zero-order valence-electron chi connectivity index (χ0n) is 11.5. The molecule has 0 bridgehead atoms. The number of β-lactam (4-membered cyclic amide) rings is 1. The van der Waals surface area contributed by atoms with E-state index < -0.39 is 63.2 Å². The van der Waals surface area contributed by atoms with Gasteiger partial charge >= 0.3 is 11.9 Å². The summed E-state index contributed by atoms with van der Waals surface area (Å²) < 4.78 is 27.0. The van der Waals surface area contributed by atoms with Crippen molar-refractivity contribution in [1.82, 2.24) is 4.90 Å². The Morgan fingerprint density at radius 1 is 1.50 bits per heavy atom. The molecule has 10 nitrogen and oxygen atoms in total. The standard InChI is InChI=1S/C11H15NO9S/c1-11(10(18)21-4-5(14)3-13)8(9(16)17)12-6(15)2-7(12)22(11,19)20/h5,7-8,13-14H,2-4H2,1H3,(H,16,17)/t5?,7?,8-,11+/m0/s1. The minimum atomic E-state index is -4.30. The quantitative estimate of drug-likeness (QED) is 0.353. The summed E-state index contributed by atoms with van der Waals surface area (Å²) in [6, 6.07) is -1.89. The summed E-state index contributed by atoms with van der Waals surface area (Å²) in [5.74, 6) is -3.69. The molecule has 2 saturated heterocycles. The average molecular weight is 337 g/mol. The Bertz CT molecular complexity index is 629. The van der Waals surface area contributed by atoms with E-state index in [0.717, 1.165) is 6.92 Å². The van der Waals surface area contributed by atoms with Crippen molar-refractivity contribution in [3.63, 3.8) is 0 Å². The van der Waals surface area contributed by atoms with E-state index in [1.54, 1.807) is 0 Å².